The van der Waals surface area contributed by atoms with E-state index in [2.05, 4.69) is 17.2 Å². The molecule has 3 rings (SSSR count). The molecule has 2 unspecified atom stereocenters. The molecule has 0 saturated carbocycles. The predicted molar refractivity (Wildman–Crippen MR) is 91.8 cm³/mol. The van der Waals surface area contributed by atoms with Crippen molar-refractivity contribution in [3.63, 3.8) is 0 Å². The van der Waals surface area contributed by atoms with Gasteiger partial charge in [0.2, 0.25) is 0 Å². The third-order valence-electron chi connectivity index (χ3n) is 5.18. The summed E-state index contributed by atoms with van der Waals surface area (Å²) in [6.07, 6.45) is 4.19. The molecular weight excluding hydrogens is 322 g/mol. The zero-order valence-corrected chi connectivity index (χ0v) is 15.2. The lowest BCUT2D eigenvalue weighted by molar-refractivity contribution is -1.22. The van der Waals surface area contributed by atoms with E-state index in [0.717, 1.165) is 30.6 Å². The van der Waals surface area contributed by atoms with Crippen LogP contribution in [0, 0.1) is 4.91 Å². The van der Waals surface area contributed by atoms with Gasteiger partial charge in [0.15, 0.2) is 16.5 Å². The maximum absolute atomic E-state index is 13.3. The summed E-state index contributed by atoms with van der Waals surface area (Å²) in [6.45, 7) is 6.67. The minimum Gasteiger partial charge on any atom is -0.276 e. The molecule has 136 valence electrons. The maximum atomic E-state index is 13.3. The van der Waals surface area contributed by atoms with Crippen molar-refractivity contribution in [1.29, 1.82) is 0 Å². The first-order valence-electron chi connectivity index (χ1n) is 9.19. The molecule has 0 aromatic heterocycles. The minimum atomic E-state index is -0.454. The molecule has 0 fully saturated rings. The topological polar surface area (TPSA) is 81.8 Å². The van der Waals surface area contributed by atoms with Crippen LogP contribution in [0.1, 0.15) is 52.9 Å². The SMILES string of the molecule is CCCCC1N=C2C3=C(N(C(C)=O)CNC3)[N+](=O)[N+]2(CCCC)C1=O. The van der Waals surface area contributed by atoms with Crippen LogP contribution in [0.4, 0.5) is 0 Å². The molecule has 2 atom stereocenters. The summed E-state index contributed by atoms with van der Waals surface area (Å²) in [7, 11) is 0. The number of amides is 2. The first-order valence-corrected chi connectivity index (χ1v) is 9.19. The molecule has 0 aromatic carbocycles. The number of carbonyl (C=O) groups is 2. The Morgan fingerprint density at radius 1 is 1.36 bits per heavy atom. The fourth-order valence-corrected chi connectivity index (χ4v) is 3.83. The highest BCUT2D eigenvalue weighted by molar-refractivity contribution is 6.06. The summed E-state index contributed by atoms with van der Waals surface area (Å²) in [5.41, 5.74) is 0.694. The van der Waals surface area contributed by atoms with Crippen LogP contribution in [0.5, 0.6) is 0 Å². The number of carbonyl (C=O) groups excluding carboxylic acids is 2. The number of nitrogens with one attached hydrogen (secondary N) is 1. The molecule has 8 nitrogen and oxygen atoms in total. The van der Waals surface area contributed by atoms with Gasteiger partial charge in [-0.25, -0.2) is 14.6 Å². The highest BCUT2D eigenvalue weighted by Gasteiger charge is 2.70. The Labute approximate surface area is 147 Å². The van der Waals surface area contributed by atoms with E-state index in [1.165, 1.54) is 11.8 Å². The summed E-state index contributed by atoms with van der Waals surface area (Å²) in [5.74, 6) is 0.474. The van der Waals surface area contributed by atoms with Crippen molar-refractivity contribution in [3.05, 3.63) is 16.3 Å². The lowest BCUT2D eigenvalue weighted by Gasteiger charge is -2.21. The Morgan fingerprint density at radius 3 is 2.72 bits per heavy atom. The number of aliphatic imine (C=N–C) groups is 1. The first-order chi connectivity index (χ1) is 12.0. The molecule has 0 aliphatic carbocycles. The average Bonchev–Trinajstić information content (AvgIpc) is 3.02. The number of hydrogen-bond donors (Lipinski definition) is 1. The lowest BCUT2D eigenvalue weighted by Crippen LogP contribution is -2.59. The zero-order chi connectivity index (χ0) is 18.2. The molecule has 0 spiro atoms. The molecule has 8 heteroatoms. The molecule has 25 heavy (non-hydrogen) atoms. The van der Waals surface area contributed by atoms with Crippen molar-refractivity contribution in [2.45, 2.75) is 58.9 Å². The summed E-state index contributed by atoms with van der Waals surface area (Å²) < 4.78 is -0.391. The standard InChI is InChI=1S/C17H27N5O3/c1-4-6-8-14-17(24)22(9-7-5-2)15(19-14)13-10-18-11-20(12(3)23)16(13)21(22)25/h14,18H,4-11H2,1-3H3/q+2. The molecule has 0 saturated heterocycles. The van der Waals surface area contributed by atoms with E-state index in [4.69, 9.17) is 0 Å². The summed E-state index contributed by atoms with van der Waals surface area (Å²) >= 11 is 0. The lowest BCUT2D eigenvalue weighted by atomic mass is 10.1. The average molecular weight is 349 g/mol. The molecule has 0 bridgehead atoms. The second-order valence-electron chi connectivity index (χ2n) is 6.90. The Balaban J connectivity index is 2.07. The fourth-order valence-electron chi connectivity index (χ4n) is 3.83. The molecule has 0 radical (unpaired) electrons. The molecule has 3 heterocycles. The maximum Gasteiger partial charge on any atom is 0.398 e. The van der Waals surface area contributed by atoms with Gasteiger partial charge in [-0.1, -0.05) is 33.1 Å². The molecule has 2 amide bonds. The van der Waals surface area contributed by atoms with Gasteiger partial charge in [-0.05, 0) is 15.9 Å². The van der Waals surface area contributed by atoms with E-state index in [-0.39, 0.29) is 18.5 Å². The second kappa shape index (κ2) is 6.76. The van der Waals surface area contributed by atoms with Gasteiger partial charge in [0.25, 0.3) is 5.84 Å². The Bertz CT molecular complexity index is 684. The van der Waals surface area contributed by atoms with Gasteiger partial charge in [0.1, 0.15) is 13.2 Å². The van der Waals surface area contributed by atoms with Crippen molar-refractivity contribution >= 4 is 17.6 Å². The van der Waals surface area contributed by atoms with Crippen molar-refractivity contribution in [2.24, 2.45) is 4.99 Å². The first kappa shape index (κ1) is 17.9. The number of hydrogen-bond acceptors (Lipinski definition) is 5. The number of nitroso groups, excluding NO2 is 1. The van der Waals surface area contributed by atoms with Crippen molar-refractivity contribution in [3.8, 4) is 0 Å². The molecule has 3 aliphatic rings. The van der Waals surface area contributed by atoms with E-state index in [9.17, 15) is 14.5 Å². The van der Waals surface area contributed by atoms with E-state index in [0.29, 0.717) is 36.7 Å². The molecule has 3 aliphatic heterocycles. The van der Waals surface area contributed by atoms with Gasteiger partial charge in [-0.15, -0.1) is 0 Å². The number of unbranched alkanes of at least 4 members (excludes halogenated alkanes) is 2. The van der Waals surface area contributed by atoms with Gasteiger partial charge in [-0.2, -0.15) is 4.90 Å². The minimum absolute atomic E-state index is 0.148. The normalized spacial score (nSPS) is 28.4. The van der Waals surface area contributed by atoms with Crippen LogP contribution in [0.3, 0.4) is 0 Å². The quantitative estimate of drug-likeness (QED) is 0.581. The van der Waals surface area contributed by atoms with Gasteiger partial charge in [-0.3, -0.25) is 5.32 Å². The smallest absolute Gasteiger partial charge is 0.276 e. The number of nitrogens with zero attached hydrogens (tertiary/aromatic N) is 4. The Hall–Kier alpha value is -1.93. The van der Waals surface area contributed by atoms with E-state index >= 15 is 0 Å². The van der Waals surface area contributed by atoms with Crippen LogP contribution in [-0.2, 0) is 9.59 Å². The summed E-state index contributed by atoms with van der Waals surface area (Å²) in [4.78, 5) is 45.3. The number of fused-ring (bicyclic) bond motifs is 2. The van der Waals surface area contributed by atoms with Gasteiger partial charge in [0, 0.05) is 19.9 Å². The van der Waals surface area contributed by atoms with Crippen LogP contribution in [-0.4, -0.2) is 57.8 Å². The van der Waals surface area contributed by atoms with Crippen LogP contribution in [0.15, 0.2) is 16.4 Å². The monoisotopic (exact) mass is 349 g/mol. The van der Waals surface area contributed by atoms with Crippen LogP contribution in [0.2, 0.25) is 0 Å². The highest BCUT2D eigenvalue weighted by Crippen LogP contribution is 2.39. The summed E-state index contributed by atoms with van der Waals surface area (Å²) in [6, 6.07) is -0.454. The third kappa shape index (κ3) is 2.55. The van der Waals surface area contributed by atoms with Crippen LogP contribution in [0.25, 0.3) is 0 Å². The van der Waals surface area contributed by atoms with E-state index in [1.54, 1.807) is 0 Å². The molecule has 0 aromatic rings. The highest BCUT2D eigenvalue weighted by atomic mass is 16.4. The van der Waals surface area contributed by atoms with E-state index in [1.807, 2.05) is 6.92 Å². The Kier molecular flexibility index (Phi) is 4.83. The predicted octanol–water partition coefficient (Wildman–Crippen LogP) is 1.43. The molecule has 1 N–H and O–H groups in total. The van der Waals surface area contributed by atoms with Crippen molar-refractivity contribution < 1.29 is 19.1 Å². The van der Waals surface area contributed by atoms with Crippen molar-refractivity contribution in [2.75, 3.05) is 19.8 Å². The zero-order valence-electron chi connectivity index (χ0n) is 15.2. The summed E-state index contributed by atoms with van der Waals surface area (Å²) in [5, 5.41) is 3.15. The number of amidine groups is 1. The number of rotatable bonds is 6. The fraction of sp³-hybridized carbons (Fsp3) is 0.706. The van der Waals surface area contributed by atoms with Crippen molar-refractivity contribution in [1.82, 2.24) is 10.2 Å². The van der Waals surface area contributed by atoms with Gasteiger partial charge < -0.3 is 0 Å². The van der Waals surface area contributed by atoms with Gasteiger partial charge >= 0.3 is 17.6 Å². The number of quaternary nitrogens is 1. The Morgan fingerprint density at radius 2 is 2.08 bits per heavy atom. The second-order valence-corrected chi connectivity index (χ2v) is 6.90. The third-order valence-corrected chi connectivity index (χ3v) is 5.18. The largest absolute Gasteiger partial charge is 0.398 e. The van der Waals surface area contributed by atoms with E-state index < -0.39 is 10.6 Å². The van der Waals surface area contributed by atoms with Gasteiger partial charge in [0.05, 0.1) is 0 Å². The molecular formula is C17H27N5O3+2. The van der Waals surface area contributed by atoms with Crippen LogP contribution < -0.4 is 5.32 Å². The van der Waals surface area contributed by atoms with Crippen LogP contribution >= 0.6 is 0 Å².